The Morgan fingerprint density at radius 1 is 0.938 bits per heavy atom. The highest BCUT2D eigenvalue weighted by Crippen LogP contribution is 2.45. The van der Waals surface area contributed by atoms with Crippen molar-refractivity contribution in [2.24, 2.45) is 16.7 Å². The zero-order valence-electron chi connectivity index (χ0n) is 12.1. The van der Waals surface area contributed by atoms with Crippen LogP contribution in [0.25, 0.3) is 0 Å². The van der Waals surface area contributed by atoms with E-state index in [2.05, 4.69) is 41.5 Å². The Morgan fingerprint density at radius 2 is 1.50 bits per heavy atom. The highest BCUT2D eigenvalue weighted by molar-refractivity contribution is 4.94. The molecule has 0 aromatic carbocycles. The van der Waals surface area contributed by atoms with Gasteiger partial charge in [0.1, 0.15) is 0 Å². The van der Waals surface area contributed by atoms with E-state index in [0.29, 0.717) is 5.41 Å². The predicted octanol–water partition coefficient (Wildman–Crippen LogP) is 4.39. The van der Waals surface area contributed by atoms with Gasteiger partial charge in [0.15, 0.2) is 0 Å². The Kier molecular flexibility index (Phi) is 3.79. The van der Waals surface area contributed by atoms with E-state index in [1.807, 2.05) is 0 Å². The van der Waals surface area contributed by atoms with Gasteiger partial charge < -0.3 is 5.11 Å². The third kappa shape index (κ3) is 3.00. The first kappa shape index (κ1) is 14.0. The first-order valence-corrected chi connectivity index (χ1v) is 6.79. The van der Waals surface area contributed by atoms with Crippen LogP contribution in [0.4, 0.5) is 0 Å². The van der Waals surface area contributed by atoms with Crippen LogP contribution < -0.4 is 0 Å². The van der Waals surface area contributed by atoms with E-state index in [1.54, 1.807) is 0 Å². The second-order valence-corrected chi connectivity index (χ2v) is 7.78. The van der Waals surface area contributed by atoms with Crippen molar-refractivity contribution in [3.05, 3.63) is 0 Å². The minimum Gasteiger partial charge on any atom is -0.389 e. The van der Waals surface area contributed by atoms with E-state index in [-0.39, 0.29) is 5.41 Å². The number of aliphatic hydroxyl groups is 1. The van der Waals surface area contributed by atoms with E-state index in [1.165, 1.54) is 19.3 Å². The monoisotopic (exact) mass is 226 g/mol. The van der Waals surface area contributed by atoms with Crippen LogP contribution in [0.3, 0.4) is 0 Å². The lowest BCUT2D eigenvalue weighted by atomic mass is 9.71. The van der Waals surface area contributed by atoms with Crippen LogP contribution >= 0.6 is 0 Å². The SMILES string of the molecule is CC(C)(C)C1CCCC(O)(C(C)(C)C)CC1. The zero-order valence-corrected chi connectivity index (χ0v) is 12.1. The fourth-order valence-corrected chi connectivity index (χ4v) is 2.94. The fourth-order valence-electron chi connectivity index (χ4n) is 2.94. The van der Waals surface area contributed by atoms with Gasteiger partial charge in [-0.05, 0) is 42.4 Å². The third-order valence-corrected chi connectivity index (χ3v) is 4.67. The van der Waals surface area contributed by atoms with Crippen LogP contribution in [0.15, 0.2) is 0 Å². The second kappa shape index (κ2) is 4.33. The van der Waals surface area contributed by atoms with Crippen LogP contribution in [0.1, 0.15) is 73.6 Å². The highest BCUT2D eigenvalue weighted by atomic mass is 16.3. The summed E-state index contributed by atoms with van der Waals surface area (Å²) in [5.74, 6) is 0.767. The third-order valence-electron chi connectivity index (χ3n) is 4.67. The molecular formula is C15H30O. The average Bonchev–Trinajstić information content (AvgIpc) is 2.25. The molecule has 0 bridgehead atoms. The molecule has 0 heterocycles. The van der Waals surface area contributed by atoms with Gasteiger partial charge in [-0.3, -0.25) is 0 Å². The maximum atomic E-state index is 10.8. The quantitative estimate of drug-likeness (QED) is 0.607. The molecule has 0 amide bonds. The van der Waals surface area contributed by atoms with Crippen LogP contribution in [-0.4, -0.2) is 10.7 Å². The summed E-state index contributed by atoms with van der Waals surface area (Å²) in [6.07, 6.45) is 5.58. The minimum absolute atomic E-state index is 0.0137. The summed E-state index contributed by atoms with van der Waals surface area (Å²) < 4.78 is 0. The second-order valence-electron chi connectivity index (χ2n) is 7.78. The summed E-state index contributed by atoms with van der Waals surface area (Å²) in [6, 6.07) is 0. The number of hydrogen-bond acceptors (Lipinski definition) is 1. The molecule has 2 atom stereocenters. The van der Waals surface area contributed by atoms with E-state index in [0.717, 1.165) is 18.8 Å². The molecule has 0 aromatic heterocycles. The van der Waals surface area contributed by atoms with Crippen LogP contribution in [0, 0.1) is 16.7 Å². The first-order valence-electron chi connectivity index (χ1n) is 6.79. The van der Waals surface area contributed by atoms with Gasteiger partial charge in [-0.25, -0.2) is 0 Å². The molecule has 1 rings (SSSR count). The number of hydrogen-bond donors (Lipinski definition) is 1. The van der Waals surface area contributed by atoms with Gasteiger partial charge in [-0.2, -0.15) is 0 Å². The largest absolute Gasteiger partial charge is 0.389 e. The van der Waals surface area contributed by atoms with E-state index >= 15 is 0 Å². The Morgan fingerprint density at radius 3 is 1.94 bits per heavy atom. The molecule has 96 valence electrons. The van der Waals surface area contributed by atoms with E-state index in [9.17, 15) is 5.11 Å². The van der Waals surface area contributed by atoms with Gasteiger partial charge in [-0.15, -0.1) is 0 Å². The zero-order chi connectivity index (χ0) is 12.6. The van der Waals surface area contributed by atoms with Crippen LogP contribution in [-0.2, 0) is 0 Å². The van der Waals surface area contributed by atoms with Gasteiger partial charge in [0.05, 0.1) is 5.60 Å². The number of rotatable bonds is 0. The van der Waals surface area contributed by atoms with Crippen molar-refractivity contribution in [1.82, 2.24) is 0 Å². The molecule has 16 heavy (non-hydrogen) atoms. The summed E-state index contributed by atoms with van der Waals surface area (Å²) in [4.78, 5) is 0. The molecule has 2 unspecified atom stereocenters. The molecule has 0 radical (unpaired) electrons. The van der Waals surface area contributed by atoms with Crippen molar-refractivity contribution in [3.63, 3.8) is 0 Å². The normalized spacial score (nSPS) is 33.6. The molecule has 1 saturated carbocycles. The summed E-state index contributed by atoms with van der Waals surface area (Å²) in [7, 11) is 0. The molecule has 1 N–H and O–H groups in total. The lowest BCUT2D eigenvalue weighted by Crippen LogP contribution is -2.42. The molecule has 0 aliphatic heterocycles. The molecule has 1 fully saturated rings. The molecule has 1 aliphatic carbocycles. The molecule has 1 nitrogen and oxygen atoms in total. The summed E-state index contributed by atoms with van der Waals surface area (Å²) in [5.41, 5.74) is -0.0457. The fraction of sp³-hybridized carbons (Fsp3) is 1.00. The van der Waals surface area contributed by atoms with Gasteiger partial charge in [0.2, 0.25) is 0 Å². The van der Waals surface area contributed by atoms with Crippen molar-refractivity contribution in [2.75, 3.05) is 0 Å². The van der Waals surface area contributed by atoms with Crippen molar-refractivity contribution < 1.29 is 5.11 Å². The lowest BCUT2D eigenvalue weighted by Gasteiger charge is -2.40. The van der Waals surface area contributed by atoms with Crippen LogP contribution in [0.2, 0.25) is 0 Å². The summed E-state index contributed by atoms with van der Waals surface area (Å²) in [5, 5.41) is 10.8. The molecule has 1 heteroatoms. The summed E-state index contributed by atoms with van der Waals surface area (Å²) in [6.45, 7) is 13.5. The van der Waals surface area contributed by atoms with Crippen molar-refractivity contribution in [2.45, 2.75) is 79.2 Å². The van der Waals surface area contributed by atoms with Crippen molar-refractivity contribution in [1.29, 1.82) is 0 Å². The first-order chi connectivity index (χ1) is 7.06. The molecule has 0 aromatic rings. The topological polar surface area (TPSA) is 20.2 Å². The Labute approximate surface area is 102 Å². The van der Waals surface area contributed by atoms with Crippen molar-refractivity contribution in [3.8, 4) is 0 Å². The minimum atomic E-state index is -0.451. The molecular weight excluding hydrogens is 196 g/mol. The van der Waals surface area contributed by atoms with Crippen molar-refractivity contribution >= 4 is 0 Å². The Hall–Kier alpha value is -0.0400. The smallest absolute Gasteiger partial charge is 0.0695 e. The standard InChI is InChI=1S/C15H30O/c1-13(2,3)12-8-7-10-15(16,11-9-12)14(4,5)6/h12,16H,7-11H2,1-6H3. The Bertz CT molecular complexity index is 231. The van der Waals surface area contributed by atoms with E-state index in [4.69, 9.17) is 0 Å². The van der Waals surface area contributed by atoms with Gasteiger partial charge in [-0.1, -0.05) is 48.0 Å². The predicted molar refractivity (Wildman–Crippen MR) is 70.4 cm³/mol. The van der Waals surface area contributed by atoms with Gasteiger partial charge in [0.25, 0.3) is 0 Å². The maximum Gasteiger partial charge on any atom is 0.0695 e. The van der Waals surface area contributed by atoms with E-state index < -0.39 is 5.60 Å². The maximum absolute atomic E-state index is 10.8. The van der Waals surface area contributed by atoms with Gasteiger partial charge >= 0.3 is 0 Å². The van der Waals surface area contributed by atoms with Gasteiger partial charge in [0, 0.05) is 0 Å². The lowest BCUT2D eigenvalue weighted by molar-refractivity contribution is -0.0708. The molecule has 1 aliphatic rings. The Balaban J connectivity index is 2.73. The average molecular weight is 226 g/mol. The molecule has 0 spiro atoms. The van der Waals surface area contributed by atoms with Crippen LogP contribution in [0.5, 0.6) is 0 Å². The molecule has 0 saturated heterocycles. The highest BCUT2D eigenvalue weighted by Gasteiger charge is 2.42. The summed E-state index contributed by atoms with van der Waals surface area (Å²) >= 11 is 0.